The van der Waals surface area contributed by atoms with Gasteiger partial charge in [-0.05, 0) is 31.4 Å². The van der Waals surface area contributed by atoms with Gasteiger partial charge in [0.2, 0.25) is 5.91 Å². The fourth-order valence-electron chi connectivity index (χ4n) is 1.89. The fourth-order valence-corrected chi connectivity index (χ4v) is 2.10. The second kappa shape index (κ2) is 6.78. The molecule has 2 rings (SSSR count). The molecule has 1 aliphatic carbocycles. The molecular formula is C14H17ClN2O4. The molecule has 1 aromatic rings. The average Bonchev–Trinajstić information content (AvgIpc) is 3.24. The molecule has 114 valence electrons. The normalized spacial score (nSPS) is 13.8. The summed E-state index contributed by atoms with van der Waals surface area (Å²) in [5, 5.41) is 14.9. The second-order valence-electron chi connectivity index (χ2n) is 4.96. The third kappa shape index (κ3) is 4.34. The number of hydrogen-bond donors (Lipinski definition) is 3. The van der Waals surface area contributed by atoms with Crippen molar-refractivity contribution < 1.29 is 19.4 Å². The van der Waals surface area contributed by atoms with Crippen LogP contribution in [0.4, 0.5) is 5.69 Å². The third-order valence-electron chi connectivity index (χ3n) is 3.21. The van der Waals surface area contributed by atoms with Crippen molar-refractivity contribution in [3.8, 4) is 5.75 Å². The standard InChI is InChI=1S/C14H17ClN2O4/c1-21-12-5-11(10(15)4-9(12)14(19)20)17-13(18)7-16-6-8-2-3-8/h4-5,8,16H,2-3,6-7H2,1H3,(H,17,18)(H,19,20). The number of carboxylic acid groups (broad SMARTS) is 1. The number of rotatable bonds is 7. The van der Waals surface area contributed by atoms with Gasteiger partial charge in [-0.25, -0.2) is 4.79 Å². The van der Waals surface area contributed by atoms with E-state index in [1.54, 1.807) is 0 Å². The number of carbonyl (C=O) groups is 2. The summed E-state index contributed by atoms with van der Waals surface area (Å²) in [5.41, 5.74) is 0.282. The zero-order valence-electron chi connectivity index (χ0n) is 11.6. The van der Waals surface area contributed by atoms with Gasteiger partial charge < -0.3 is 20.5 Å². The molecule has 0 saturated heterocycles. The Morgan fingerprint density at radius 2 is 2.14 bits per heavy atom. The maximum Gasteiger partial charge on any atom is 0.339 e. The molecule has 1 aromatic carbocycles. The molecule has 0 unspecified atom stereocenters. The van der Waals surface area contributed by atoms with Crippen LogP contribution in [0, 0.1) is 5.92 Å². The number of halogens is 1. The molecule has 3 N–H and O–H groups in total. The topological polar surface area (TPSA) is 87.7 Å². The number of hydrogen-bond acceptors (Lipinski definition) is 4. The Balaban J connectivity index is 2.00. The van der Waals surface area contributed by atoms with Gasteiger partial charge in [0.25, 0.3) is 0 Å². The van der Waals surface area contributed by atoms with Crippen molar-refractivity contribution in [2.75, 3.05) is 25.5 Å². The lowest BCUT2D eigenvalue weighted by atomic mass is 10.1. The highest BCUT2D eigenvalue weighted by Crippen LogP contribution is 2.31. The summed E-state index contributed by atoms with van der Waals surface area (Å²) in [6.45, 7) is 1.03. The smallest absolute Gasteiger partial charge is 0.339 e. The van der Waals surface area contributed by atoms with Gasteiger partial charge in [-0.1, -0.05) is 11.6 Å². The van der Waals surface area contributed by atoms with Crippen LogP contribution in [0.25, 0.3) is 0 Å². The molecule has 21 heavy (non-hydrogen) atoms. The summed E-state index contributed by atoms with van der Waals surface area (Å²) in [4.78, 5) is 22.8. The van der Waals surface area contributed by atoms with Gasteiger partial charge in [0.05, 0.1) is 24.4 Å². The first-order chi connectivity index (χ1) is 10.0. The van der Waals surface area contributed by atoms with E-state index >= 15 is 0 Å². The summed E-state index contributed by atoms with van der Waals surface area (Å²) < 4.78 is 5.00. The minimum Gasteiger partial charge on any atom is -0.496 e. The van der Waals surface area contributed by atoms with Crippen LogP contribution in [0.15, 0.2) is 12.1 Å². The third-order valence-corrected chi connectivity index (χ3v) is 3.52. The first-order valence-electron chi connectivity index (χ1n) is 6.62. The van der Waals surface area contributed by atoms with Crippen molar-refractivity contribution >= 4 is 29.2 Å². The largest absolute Gasteiger partial charge is 0.496 e. The number of carboxylic acids is 1. The lowest BCUT2D eigenvalue weighted by Crippen LogP contribution is -2.29. The van der Waals surface area contributed by atoms with Gasteiger partial charge in [0, 0.05) is 6.07 Å². The molecule has 0 radical (unpaired) electrons. The Labute approximate surface area is 127 Å². The Kier molecular flexibility index (Phi) is 5.03. The molecule has 1 fully saturated rings. The SMILES string of the molecule is COc1cc(NC(=O)CNCC2CC2)c(Cl)cc1C(=O)O. The van der Waals surface area contributed by atoms with Crippen LogP contribution in [-0.2, 0) is 4.79 Å². The van der Waals surface area contributed by atoms with E-state index in [0.29, 0.717) is 11.6 Å². The van der Waals surface area contributed by atoms with Crippen LogP contribution in [-0.4, -0.2) is 37.2 Å². The van der Waals surface area contributed by atoms with Crippen molar-refractivity contribution in [1.29, 1.82) is 0 Å². The first kappa shape index (κ1) is 15.6. The quantitative estimate of drug-likeness (QED) is 0.716. The number of anilines is 1. The molecule has 0 bridgehead atoms. The number of ether oxygens (including phenoxy) is 1. The van der Waals surface area contributed by atoms with Gasteiger partial charge in [0.15, 0.2) is 0 Å². The van der Waals surface area contributed by atoms with Gasteiger partial charge in [-0.15, -0.1) is 0 Å². The summed E-state index contributed by atoms with van der Waals surface area (Å²) in [6.07, 6.45) is 2.43. The molecule has 7 heteroatoms. The maximum atomic E-state index is 11.8. The lowest BCUT2D eigenvalue weighted by Gasteiger charge is -2.12. The molecule has 0 aromatic heterocycles. The second-order valence-corrected chi connectivity index (χ2v) is 5.37. The fraction of sp³-hybridized carbons (Fsp3) is 0.429. The monoisotopic (exact) mass is 312 g/mol. The predicted molar refractivity (Wildman–Crippen MR) is 79.2 cm³/mol. The number of benzene rings is 1. The number of aromatic carboxylic acids is 1. The van der Waals surface area contributed by atoms with Crippen LogP contribution in [0.2, 0.25) is 5.02 Å². The molecule has 0 atom stereocenters. The van der Waals surface area contributed by atoms with Crippen LogP contribution < -0.4 is 15.4 Å². The Morgan fingerprint density at radius 1 is 1.43 bits per heavy atom. The van der Waals surface area contributed by atoms with Crippen molar-refractivity contribution in [2.45, 2.75) is 12.8 Å². The molecule has 1 amide bonds. The van der Waals surface area contributed by atoms with E-state index in [2.05, 4.69) is 10.6 Å². The van der Waals surface area contributed by atoms with Crippen LogP contribution in [0.1, 0.15) is 23.2 Å². The van der Waals surface area contributed by atoms with E-state index in [-0.39, 0.29) is 28.8 Å². The van der Waals surface area contributed by atoms with Crippen molar-refractivity contribution in [3.63, 3.8) is 0 Å². The van der Waals surface area contributed by atoms with E-state index in [1.807, 2.05) is 0 Å². The molecule has 0 spiro atoms. The lowest BCUT2D eigenvalue weighted by molar-refractivity contribution is -0.115. The van der Waals surface area contributed by atoms with Gasteiger partial charge in [-0.3, -0.25) is 4.79 Å². The van der Waals surface area contributed by atoms with Crippen LogP contribution >= 0.6 is 11.6 Å². The average molecular weight is 313 g/mol. The number of carbonyl (C=O) groups excluding carboxylic acids is 1. The highest BCUT2D eigenvalue weighted by atomic mass is 35.5. The summed E-state index contributed by atoms with van der Waals surface area (Å²) in [6, 6.07) is 2.67. The van der Waals surface area contributed by atoms with Crippen LogP contribution in [0.3, 0.4) is 0 Å². The van der Waals surface area contributed by atoms with E-state index in [9.17, 15) is 9.59 Å². The molecular weight excluding hydrogens is 296 g/mol. The van der Waals surface area contributed by atoms with E-state index < -0.39 is 5.97 Å². The Morgan fingerprint density at radius 3 is 2.71 bits per heavy atom. The Bertz CT molecular complexity index is 558. The summed E-state index contributed by atoms with van der Waals surface area (Å²) >= 11 is 5.99. The van der Waals surface area contributed by atoms with Crippen molar-refractivity contribution in [3.05, 3.63) is 22.7 Å². The summed E-state index contributed by atoms with van der Waals surface area (Å²) in [5.74, 6) is -0.537. The molecule has 6 nitrogen and oxygen atoms in total. The minimum absolute atomic E-state index is 0.0487. The molecule has 0 heterocycles. The van der Waals surface area contributed by atoms with Gasteiger partial charge >= 0.3 is 5.97 Å². The van der Waals surface area contributed by atoms with Crippen LogP contribution in [0.5, 0.6) is 5.75 Å². The molecule has 1 aliphatic rings. The Hall–Kier alpha value is -1.79. The molecule has 0 aliphatic heterocycles. The molecule has 1 saturated carbocycles. The maximum absolute atomic E-state index is 11.8. The highest BCUT2D eigenvalue weighted by molar-refractivity contribution is 6.34. The number of methoxy groups -OCH3 is 1. The van der Waals surface area contributed by atoms with Crippen molar-refractivity contribution in [2.24, 2.45) is 5.92 Å². The number of nitrogens with one attached hydrogen (secondary N) is 2. The first-order valence-corrected chi connectivity index (χ1v) is 7.00. The zero-order chi connectivity index (χ0) is 15.4. The van der Waals surface area contributed by atoms with Crippen molar-refractivity contribution in [1.82, 2.24) is 5.32 Å². The summed E-state index contributed by atoms with van der Waals surface area (Å²) in [7, 11) is 1.36. The zero-order valence-corrected chi connectivity index (χ0v) is 12.4. The predicted octanol–water partition coefficient (Wildman–Crippen LogP) is 1.98. The number of amides is 1. The highest BCUT2D eigenvalue weighted by Gasteiger charge is 2.21. The van der Waals surface area contributed by atoms with E-state index in [0.717, 1.165) is 6.54 Å². The van der Waals surface area contributed by atoms with E-state index in [4.69, 9.17) is 21.4 Å². The van der Waals surface area contributed by atoms with Gasteiger partial charge in [0.1, 0.15) is 11.3 Å². The van der Waals surface area contributed by atoms with E-state index in [1.165, 1.54) is 32.1 Å². The van der Waals surface area contributed by atoms with Gasteiger partial charge in [-0.2, -0.15) is 0 Å². The minimum atomic E-state index is -1.14.